The molecule has 4 rings (SSSR count). The molecule has 30 heavy (non-hydrogen) atoms. The van der Waals surface area contributed by atoms with Gasteiger partial charge in [-0.15, -0.1) is 0 Å². The summed E-state index contributed by atoms with van der Waals surface area (Å²) in [5.74, 6) is 1.88. The number of methoxy groups -OCH3 is 2. The predicted molar refractivity (Wildman–Crippen MR) is 112 cm³/mol. The number of amides is 1. The van der Waals surface area contributed by atoms with Crippen molar-refractivity contribution in [3.63, 3.8) is 0 Å². The lowest BCUT2D eigenvalue weighted by molar-refractivity contribution is -0.270. The second-order valence-electron chi connectivity index (χ2n) is 6.92. The van der Waals surface area contributed by atoms with E-state index < -0.39 is 10.9 Å². The maximum atomic E-state index is 13.3. The highest BCUT2D eigenvalue weighted by Gasteiger charge is 2.35. The fourth-order valence-corrected chi connectivity index (χ4v) is 5.93. The normalized spacial score (nSPS) is 14.8. The molecule has 158 valence electrons. The van der Waals surface area contributed by atoms with Gasteiger partial charge >= 0.3 is 5.56 Å². The van der Waals surface area contributed by atoms with Gasteiger partial charge in [0.05, 0.1) is 39.1 Å². The lowest BCUT2D eigenvalue weighted by atomic mass is 10.1. The van der Waals surface area contributed by atoms with Crippen LogP contribution in [0.1, 0.15) is 10.6 Å². The van der Waals surface area contributed by atoms with E-state index in [0.29, 0.717) is 57.7 Å². The van der Waals surface area contributed by atoms with Crippen molar-refractivity contribution in [2.24, 2.45) is 7.05 Å². The van der Waals surface area contributed by atoms with Gasteiger partial charge in [0.15, 0.2) is 17.3 Å². The molecule has 2 aromatic heterocycles. The average Bonchev–Trinajstić information content (AvgIpc) is 3.31. The number of benzene rings is 1. The number of hydrogen-bond donors (Lipinski definition) is 0. The van der Waals surface area contributed by atoms with E-state index in [4.69, 9.17) is 13.9 Å². The van der Waals surface area contributed by atoms with Gasteiger partial charge < -0.3 is 28.5 Å². The third-order valence-electron chi connectivity index (χ3n) is 5.34. The van der Waals surface area contributed by atoms with Crippen LogP contribution in [0.25, 0.3) is 10.9 Å². The maximum absolute atomic E-state index is 13.3. The summed E-state index contributed by atoms with van der Waals surface area (Å²) >= 11 is 0. The van der Waals surface area contributed by atoms with E-state index in [0.717, 1.165) is 0 Å². The second kappa shape index (κ2) is 7.98. The zero-order chi connectivity index (χ0) is 21.4. The van der Waals surface area contributed by atoms with Crippen LogP contribution in [-0.2, 0) is 17.9 Å². The number of carbonyl (C=O) groups excluding carboxylic acids is 1. The van der Waals surface area contributed by atoms with Crippen molar-refractivity contribution in [3.05, 3.63) is 46.6 Å². The molecule has 0 spiro atoms. The van der Waals surface area contributed by atoms with Crippen LogP contribution in [0.4, 0.5) is 0 Å². The molecule has 1 aromatic carbocycles. The Labute approximate surface area is 176 Å². The number of fused-ring (bicyclic) bond motifs is 1. The van der Waals surface area contributed by atoms with Gasteiger partial charge in [0.1, 0.15) is 11.5 Å². The summed E-state index contributed by atoms with van der Waals surface area (Å²) in [6.45, 7) is 0.935. The van der Waals surface area contributed by atoms with Gasteiger partial charge in [-0.3, -0.25) is 9.59 Å². The molecule has 9 heteroatoms. The Morgan fingerprint density at radius 3 is 2.43 bits per heavy atom. The first-order valence-corrected chi connectivity index (χ1v) is 11.0. The van der Waals surface area contributed by atoms with Gasteiger partial charge in [-0.2, -0.15) is 0 Å². The van der Waals surface area contributed by atoms with Crippen LogP contribution in [0.3, 0.4) is 0 Å². The van der Waals surface area contributed by atoms with E-state index in [1.807, 2.05) is 0 Å². The van der Waals surface area contributed by atoms with Crippen LogP contribution in [0, 0.1) is 0 Å². The molecule has 1 aliphatic heterocycles. The summed E-state index contributed by atoms with van der Waals surface area (Å²) in [6.07, 6.45) is 1.47. The van der Waals surface area contributed by atoms with E-state index in [2.05, 4.69) is 0 Å². The summed E-state index contributed by atoms with van der Waals surface area (Å²) < 4.78 is 17.3. The lowest BCUT2D eigenvalue weighted by Gasteiger charge is -2.27. The standard InChI is InChI=1S/C21H22N2O6S/c1-22-14-12-17(28-3)16(27-2)11-13(14)18(24)19(21(22)26)30-9-6-23(7-10-30)20(25)15-5-4-8-29-15/h4-5,8,11-12H,6-7,9-10H2,1-3H3. The number of carbonyl (C=O) groups is 1. The third kappa shape index (κ3) is 3.28. The number of ether oxygens (including phenoxy) is 2. The molecule has 0 bridgehead atoms. The first kappa shape index (κ1) is 20.2. The zero-order valence-corrected chi connectivity index (χ0v) is 17.8. The molecule has 0 saturated carbocycles. The van der Waals surface area contributed by atoms with Crippen molar-refractivity contribution in [2.45, 2.75) is 4.90 Å². The number of hydrogen-bond acceptors (Lipinski definition) is 6. The number of aryl methyl sites for hydroxylation is 1. The van der Waals surface area contributed by atoms with Crippen LogP contribution in [0.5, 0.6) is 17.2 Å². The molecule has 8 nitrogen and oxygen atoms in total. The van der Waals surface area contributed by atoms with Crippen molar-refractivity contribution in [2.75, 3.05) is 38.8 Å². The number of rotatable bonds is 4. The summed E-state index contributed by atoms with van der Waals surface area (Å²) in [4.78, 5) is 27.5. The fourth-order valence-electron chi connectivity index (χ4n) is 3.68. The molecule has 0 N–H and O–H groups in total. The number of furan rings is 1. The Morgan fingerprint density at radius 2 is 1.83 bits per heavy atom. The minimum absolute atomic E-state index is 0.172. The molecular formula is C21H22N2O6S. The molecule has 0 unspecified atom stereocenters. The molecule has 0 radical (unpaired) electrons. The maximum Gasteiger partial charge on any atom is 0.305 e. The van der Waals surface area contributed by atoms with Crippen molar-refractivity contribution in [3.8, 4) is 17.2 Å². The molecule has 1 fully saturated rings. The van der Waals surface area contributed by atoms with Crippen LogP contribution in [0.15, 0.2) is 44.6 Å². The minimum atomic E-state index is -0.540. The molecule has 0 atom stereocenters. The van der Waals surface area contributed by atoms with E-state index in [9.17, 15) is 14.7 Å². The summed E-state index contributed by atoms with van der Waals surface area (Å²) in [5.41, 5.74) is 0.204. The Bertz CT molecular complexity index is 1150. The quantitative estimate of drug-likeness (QED) is 0.580. The molecule has 3 aromatic rings. The van der Waals surface area contributed by atoms with Gasteiger partial charge in [-0.05, 0) is 29.3 Å². The molecule has 0 aliphatic carbocycles. The third-order valence-corrected chi connectivity index (χ3v) is 7.62. The van der Waals surface area contributed by atoms with Gasteiger partial charge in [0.25, 0.3) is 5.91 Å². The van der Waals surface area contributed by atoms with Crippen molar-refractivity contribution in [1.29, 1.82) is 0 Å². The van der Waals surface area contributed by atoms with E-state index in [1.165, 1.54) is 25.0 Å². The smallest absolute Gasteiger partial charge is 0.305 e. The van der Waals surface area contributed by atoms with Crippen LogP contribution >= 0.6 is 0 Å². The molecule has 1 amide bonds. The predicted octanol–water partition coefficient (Wildman–Crippen LogP) is 1.36. The average molecular weight is 430 g/mol. The van der Waals surface area contributed by atoms with Crippen LogP contribution in [-0.4, -0.2) is 54.2 Å². The van der Waals surface area contributed by atoms with Crippen LogP contribution in [0.2, 0.25) is 0 Å². The highest BCUT2D eigenvalue weighted by atomic mass is 32.2. The Morgan fingerprint density at radius 1 is 1.17 bits per heavy atom. The summed E-state index contributed by atoms with van der Waals surface area (Å²) in [6, 6.07) is 6.58. The number of nitrogens with zero attached hydrogens (tertiary/aromatic N) is 2. The van der Waals surface area contributed by atoms with Crippen molar-refractivity contribution in [1.82, 2.24) is 9.47 Å². The van der Waals surface area contributed by atoms with E-state index >= 15 is 0 Å². The highest BCUT2D eigenvalue weighted by Crippen LogP contribution is 2.37. The topological polar surface area (TPSA) is 97.0 Å². The Hall–Kier alpha value is -3.07. The zero-order valence-electron chi connectivity index (χ0n) is 17.0. The Balaban J connectivity index is 1.68. The van der Waals surface area contributed by atoms with Crippen molar-refractivity contribution < 1.29 is 23.8 Å². The number of aromatic nitrogens is 1. The summed E-state index contributed by atoms with van der Waals surface area (Å²) in [5, 5.41) is 13.7. The van der Waals surface area contributed by atoms with Gasteiger partial charge in [-0.1, -0.05) is 0 Å². The molecule has 1 aliphatic rings. The molecule has 1 saturated heterocycles. The number of pyridine rings is 1. The van der Waals surface area contributed by atoms with Gasteiger partial charge in [0.2, 0.25) is 4.90 Å². The first-order valence-electron chi connectivity index (χ1n) is 9.42. The van der Waals surface area contributed by atoms with E-state index in [1.54, 1.807) is 36.2 Å². The fraction of sp³-hybridized carbons (Fsp3) is 0.333. The van der Waals surface area contributed by atoms with Gasteiger partial charge in [-0.25, -0.2) is 0 Å². The first-order chi connectivity index (χ1) is 14.5. The lowest BCUT2D eigenvalue weighted by Crippen LogP contribution is -2.45. The molecular weight excluding hydrogens is 408 g/mol. The second-order valence-corrected chi connectivity index (χ2v) is 9.13. The summed E-state index contributed by atoms with van der Waals surface area (Å²) in [7, 11) is 4.12. The van der Waals surface area contributed by atoms with Gasteiger partial charge in [0, 0.05) is 24.0 Å². The monoisotopic (exact) mass is 430 g/mol. The Kier molecular flexibility index (Phi) is 5.38. The highest BCUT2D eigenvalue weighted by molar-refractivity contribution is 7.97. The molecule has 3 heterocycles. The largest absolute Gasteiger partial charge is 0.868 e. The van der Waals surface area contributed by atoms with E-state index in [-0.39, 0.29) is 17.2 Å². The SMILES string of the molecule is COc1cc2c([O-])c([S+]3CCN(C(=O)c4ccco4)CC3)c(=O)n(C)c2cc1OC. The van der Waals surface area contributed by atoms with Crippen molar-refractivity contribution >= 4 is 27.7 Å². The van der Waals surface area contributed by atoms with Crippen LogP contribution < -0.4 is 20.1 Å². The minimum Gasteiger partial charge on any atom is -0.868 e.